The van der Waals surface area contributed by atoms with Crippen LogP contribution in [0.5, 0.6) is 5.75 Å². The lowest BCUT2D eigenvalue weighted by molar-refractivity contribution is -0.118. The summed E-state index contributed by atoms with van der Waals surface area (Å²) in [5.41, 5.74) is 10.1. The van der Waals surface area contributed by atoms with Crippen molar-refractivity contribution in [3.63, 3.8) is 0 Å². The summed E-state index contributed by atoms with van der Waals surface area (Å²) in [5.74, 6) is 1.27. The maximum Gasteiger partial charge on any atom is 0.133 e. The molecule has 0 atom stereocenters. The van der Waals surface area contributed by atoms with E-state index in [-0.39, 0.29) is 0 Å². The number of carbonyl (C=O) groups excluding carboxylic acids is 1. The highest BCUT2D eigenvalue weighted by atomic mass is 31.1. The molecule has 0 amide bonds. The van der Waals surface area contributed by atoms with Crippen molar-refractivity contribution in [2.75, 3.05) is 19.4 Å². The standard InChI is InChI=1S/C32H31O2P/c1-22-8-4-6-10-28(22)30-20-25(24-12-14-27(34-3)15-13-24)21-31(29-11-7-5-9-23(29)2)32(30)35-18-16-26(33)17-19-35/h4-15,20-21H,16-19H2,1-3H3. The molecule has 1 aliphatic heterocycles. The van der Waals surface area contributed by atoms with Crippen molar-refractivity contribution in [2.45, 2.75) is 26.7 Å². The summed E-state index contributed by atoms with van der Waals surface area (Å²) in [6.07, 6.45) is 3.36. The molecule has 1 aliphatic rings. The Hall–Kier alpha value is -3.22. The minimum atomic E-state index is -0.437. The molecule has 1 heterocycles. The van der Waals surface area contributed by atoms with Gasteiger partial charge in [-0.1, -0.05) is 68.6 Å². The molecule has 176 valence electrons. The van der Waals surface area contributed by atoms with Crippen LogP contribution >= 0.6 is 7.92 Å². The van der Waals surface area contributed by atoms with Gasteiger partial charge in [-0.15, -0.1) is 0 Å². The first-order valence-corrected chi connectivity index (χ1v) is 14.0. The molecule has 4 aromatic carbocycles. The molecule has 1 saturated heterocycles. The fourth-order valence-electron chi connectivity index (χ4n) is 5.07. The number of rotatable bonds is 5. The van der Waals surface area contributed by atoms with Gasteiger partial charge < -0.3 is 4.74 Å². The lowest BCUT2D eigenvalue weighted by Crippen LogP contribution is -2.20. The van der Waals surface area contributed by atoms with Gasteiger partial charge in [0.2, 0.25) is 0 Å². The first-order valence-electron chi connectivity index (χ1n) is 12.3. The van der Waals surface area contributed by atoms with Crippen molar-refractivity contribution in [1.82, 2.24) is 0 Å². The van der Waals surface area contributed by atoms with E-state index in [1.54, 1.807) is 7.11 Å². The number of benzene rings is 4. The average molecular weight is 479 g/mol. The second kappa shape index (κ2) is 10.2. The van der Waals surface area contributed by atoms with Crippen LogP contribution in [0.1, 0.15) is 24.0 Å². The number of hydrogen-bond acceptors (Lipinski definition) is 2. The molecule has 5 rings (SSSR count). The molecule has 0 spiro atoms. The minimum Gasteiger partial charge on any atom is -0.497 e. The van der Waals surface area contributed by atoms with E-state index in [0.29, 0.717) is 18.6 Å². The number of hydrogen-bond donors (Lipinski definition) is 0. The predicted octanol–water partition coefficient (Wildman–Crippen LogP) is 7.78. The fourth-order valence-corrected chi connectivity index (χ4v) is 7.83. The third-order valence-corrected chi connectivity index (χ3v) is 9.68. The van der Waals surface area contributed by atoms with Gasteiger partial charge in [-0.3, -0.25) is 4.79 Å². The molecule has 0 radical (unpaired) electrons. The van der Waals surface area contributed by atoms with E-state index >= 15 is 0 Å². The van der Waals surface area contributed by atoms with Crippen molar-refractivity contribution in [3.05, 3.63) is 96.1 Å². The minimum absolute atomic E-state index is 0.411. The molecule has 1 fully saturated rings. The van der Waals surface area contributed by atoms with E-state index in [4.69, 9.17) is 4.74 Å². The van der Waals surface area contributed by atoms with Gasteiger partial charge >= 0.3 is 0 Å². The Balaban J connectivity index is 1.81. The molecule has 0 N–H and O–H groups in total. The fraction of sp³-hybridized carbons (Fsp3) is 0.219. The lowest BCUT2D eigenvalue weighted by atomic mass is 9.90. The van der Waals surface area contributed by atoms with Gasteiger partial charge in [-0.2, -0.15) is 0 Å². The van der Waals surface area contributed by atoms with Gasteiger partial charge in [-0.05, 0) is 100 Å². The highest BCUT2D eigenvalue weighted by molar-refractivity contribution is 7.66. The zero-order valence-electron chi connectivity index (χ0n) is 20.7. The maximum atomic E-state index is 12.1. The highest BCUT2D eigenvalue weighted by Crippen LogP contribution is 2.47. The lowest BCUT2D eigenvalue weighted by Gasteiger charge is -2.29. The Morgan fingerprint density at radius 3 is 1.66 bits per heavy atom. The van der Waals surface area contributed by atoms with Gasteiger partial charge in [0, 0.05) is 12.8 Å². The van der Waals surface area contributed by atoms with Crippen LogP contribution < -0.4 is 10.0 Å². The van der Waals surface area contributed by atoms with E-state index in [1.165, 1.54) is 49.8 Å². The smallest absolute Gasteiger partial charge is 0.133 e. The molecular formula is C32H31O2P. The summed E-state index contributed by atoms with van der Waals surface area (Å²) in [6.45, 7) is 4.40. The Morgan fingerprint density at radius 1 is 0.657 bits per heavy atom. The number of carbonyl (C=O) groups is 1. The van der Waals surface area contributed by atoms with E-state index in [9.17, 15) is 4.79 Å². The topological polar surface area (TPSA) is 26.3 Å². The Bertz CT molecular complexity index is 1290. The molecule has 2 nitrogen and oxygen atoms in total. The van der Waals surface area contributed by atoms with Gasteiger partial charge in [0.05, 0.1) is 7.11 Å². The summed E-state index contributed by atoms with van der Waals surface area (Å²) >= 11 is 0. The predicted molar refractivity (Wildman–Crippen MR) is 149 cm³/mol. The molecule has 0 bridgehead atoms. The largest absolute Gasteiger partial charge is 0.497 e. The summed E-state index contributed by atoms with van der Waals surface area (Å²) in [4.78, 5) is 12.1. The summed E-state index contributed by atoms with van der Waals surface area (Å²) in [6, 6.07) is 30.5. The van der Waals surface area contributed by atoms with Crippen LogP contribution in [-0.2, 0) is 4.79 Å². The van der Waals surface area contributed by atoms with Gasteiger partial charge in [0.1, 0.15) is 11.5 Å². The van der Waals surface area contributed by atoms with Crippen LogP contribution in [0.3, 0.4) is 0 Å². The zero-order valence-corrected chi connectivity index (χ0v) is 21.6. The first kappa shape index (κ1) is 23.5. The van der Waals surface area contributed by atoms with Crippen molar-refractivity contribution in [1.29, 1.82) is 0 Å². The van der Waals surface area contributed by atoms with Crippen molar-refractivity contribution in [2.24, 2.45) is 0 Å². The Labute approximate surface area is 209 Å². The van der Waals surface area contributed by atoms with Gasteiger partial charge in [0.25, 0.3) is 0 Å². The maximum absolute atomic E-state index is 12.1. The molecule has 0 unspecified atom stereocenters. The second-order valence-electron chi connectivity index (χ2n) is 9.30. The van der Waals surface area contributed by atoms with Crippen LogP contribution in [0.4, 0.5) is 0 Å². The summed E-state index contributed by atoms with van der Waals surface area (Å²) < 4.78 is 5.40. The molecule has 35 heavy (non-hydrogen) atoms. The highest BCUT2D eigenvalue weighted by Gasteiger charge is 2.27. The van der Waals surface area contributed by atoms with Crippen molar-refractivity contribution < 1.29 is 9.53 Å². The number of Topliss-reactive ketones (excluding diaryl/α,β-unsaturated/α-hetero) is 1. The van der Waals surface area contributed by atoms with E-state index in [2.05, 4.69) is 86.6 Å². The number of aryl methyl sites for hydroxylation is 2. The average Bonchev–Trinajstić information content (AvgIpc) is 2.89. The van der Waals surface area contributed by atoms with Crippen LogP contribution in [0.25, 0.3) is 33.4 Å². The number of methoxy groups -OCH3 is 1. The van der Waals surface area contributed by atoms with E-state index < -0.39 is 7.92 Å². The molecule has 0 aliphatic carbocycles. The SMILES string of the molecule is COc1ccc(-c2cc(-c3ccccc3C)c(P3CCC(=O)CC3)c(-c3ccccc3C)c2)cc1. The number of ketones is 1. The monoisotopic (exact) mass is 478 g/mol. The molecule has 3 heteroatoms. The van der Waals surface area contributed by atoms with Crippen LogP contribution in [0, 0.1) is 13.8 Å². The van der Waals surface area contributed by atoms with Gasteiger partial charge in [0.15, 0.2) is 0 Å². The zero-order chi connectivity index (χ0) is 24.4. The molecule has 4 aromatic rings. The Morgan fingerprint density at radius 2 is 1.17 bits per heavy atom. The Kier molecular flexibility index (Phi) is 6.84. The quantitative estimate of drug-likeness (QED) is 0.274. The van der Waals surface area contributed by atoms with E-state index in [1.807, 2.05) is 12.1 Å². The van der Waals surface area contributed by atoms with Gasteiger partial charge in [-0.25, -0.2) is 0 Å². The van der Waals surface area contributed by atoms with Crippen molar-refractivity contribution >= 4 is 19.0 Å². The number of ether oxygens (including phenoxy) is 1. The summed E-state index contributed by atoms with van der Waals surface area (Å²) in [5, 5.41) is 1.45. The second-order valence-corrected chi connectivity index (χ2v) is 11.7. The summed E-state index contributed by atoms with van der Waals surface area (Å²) in [7, 11) is 1.26. The molecular weight excluding hydrogens is 447 g/mol. The van der Waals surface area contributed by atoms with Crippen LogP contribution in [0.15, 0.2) is 84.9 Å². The molecule has 0 aromatic heterocycles. The van der Waals surface area contributed by atoms with Crippen LogP contribution in [-0.4, -0.2) is 25.2 Å². The van der Waals surface area contributed by atoms with Crippen molar-refractivity contribution in [3.8, 4) is 39.1 Å². The van der Waals surface area contributed by atoms with E-state index in [0.717, 1.165) is 18.1 Å². The first-order chi connectivity index (χ1) is 17.0. The normalized spacial score (nSPS) is 14.2. The third-order valence-electron chi connectivity index (χ3n) is 7.04. The van der Waals surface area contributed by atoms with Crippen LogP contribution in [0.2, 0.25) is 0 Å². The third kappa shape index (κ3) is 4.81. The molecule has 0 saturated carbocycles.